The van der Waals surface area contributed by atoms with Gasteiger partial charge in [-0.15, -0.1) is 11.8 Å². The average molecular weight is 401 g/mol. The number of carboxylic acid groups (broad SMARTS) is 1. The van der Waals surface area contributed by atoms with Crippen LogP contribution in [0.4, 0.5) is 0 Å². The molecule has 0 bridgehead atoms. The van der Waals surface area contributed by atoms with Gasteiger partial charge in [-0.05, 0) is 29.9 Å². The fourth-order valence-electron chi connectivity index (χ4n) is 4.28. The van der Waals surface area contributed by atoms with Gasteiger partial charge in [0.05, 0.1) is 0 Å². The molecule has 1 aliphatic carbocycles. The van der Waals surface area contributed by atoms with E-state index in [1.807, 2.05) is 6.07 Å². The van der Waals surface area contributed by atoms with Crippen LogP contribution in [0, 0.1) is 5.92 Å². The number of carbonyl (C=O) groups excluding carboxylic acids is 2. The summed E-state index contributed by atoms with van der Waals surface area (Å²) in [6, 6.07) is 7.32. The number of thioether (sulfide) groups is 1. The maximum Gasteiger partial charge on any atom is 0.352 e. The molecule has 0 aromatic heterocycles. The van der Waals surface area contributed by atoms with Gasteiger partial charge in [-0.1, -0.05) is 43.2 Å². The highest BCUT2D eigenvalue weighted by Gasteiger charge is 2.55. The van der Waals surface area contributed by atoms with Crippen molar-refractivity contribution < 1.29 is 19.5 Å². The molecule has 1 saturated heterocycles. The third kappa shape index (κ3) is 3.20. The van der Waals surface area contributed by atoms with Gasteiger partial charge in [0, 0.05) is 5.75 Å². The lowest BCUT2D eigenvalue weighted by Gasteiger charge is -2.50. The highest BCUT2D eigenvalue weighted by molar-refractivity contribution is 8.00. The van der Waals surface area contributed by atoms with E-state index in [4.69, 9.17) is 5.73 Å². The minimum atomic E-state index is -1.06. The van der Waals surface area contributed by atoms with Crippen molar-refractivity contribution in [3.05, 3.63) is 47.2 Å². The molecular weight excluding hydrogens is 378 g/mol. The molecule has 1 aromatic rings. The third-order valence-electron chi connectivity index (χ3n) is 5.79. The molecule has 3 atom stereocenters. The minimum absolute atomic E-state index is 0.124. The number of benzene rings is 1. The van der Waals surface area contributed by atoms with E-state index in [1.54, 1.807) is 24.3 Å². The molecule has 2 fully saturated rings. The first-order chi connectivity index (χ1) is 13.5. The molecule has 0 spiro atoms. The Morgan fingerprint density at radius 1 is 1.21 bits per heavy atom. The Bertz CT molecular complexity index is 835. The van der Waals surface area contributed by atoms with Crippen LogP contribution < -0.4 is 11.1 Å². The van der Waals surface area contributed by atoms with Crippen molar-refractivity contribution in [3.8, 4) is 0 Å². The highest BCUT2D eigenvalue weighted by atomic mass is 32.2. The smallest absolute Gasteiger partial charge is 0.352 e. The highest BCUT2D eigenvalue weighted by Crippen LogP contribution is 2.45. The number of β-lactam (4-membered cyclic amide) rings is 1. The van der Waals surface area contributed by atoms with Crippen LogP contribution in [-0.2, 0) is 14.4 Å². The van der Waals surface area contributed by atoms with Crippen LogP contribution >= 0.6 is 11.8 Å². The van der Waals surface area contributed by atoms with E-state index in [1.165, 1.54) is 16.7 Å². The number of nitrogens with one attached hydrogen (secondary N) is 1. The Morgan fingerprint density at radius 3 is 2.54 bits per heavy atom. The summed E-state index contributed by atoms with van der Waals surface area (Å²) in [6.07, 6.45) is 4.15. The van der Waals surface area contributed by atoms with Crippen molar-refractivity contribution in [1.29, 1.82) is 0 Å². The van der Waals surface area contributed by atoms with Crippen LogP contribution in [0.3, 0.4) is 0 Å². The number of fused-ring (bicyclic) bond motifs is 1. The summed E-state index contributed by atoms with van der Waals surface area (Å²) in [4.78, 5) is 38.5. The zero-order valence-corrected chi connectivity index (χ0v) is 16.2. The molecule has 2 amide bonds. The van der Waals surface area contributed by atoms with Crippen LogP contribution in [0.1, 0.15) is 37.3 Å². The van der Waals surface area contributed by atoms with Gasteiger partial charge in [0.25, 0.3) is 5.91 Å². The van der Waals surface area contributed by atoms with E-state index in [2.05, 4.69) is 5.32 Å². The number of aliphatic carboxylic acids is 1. The molecule has 1 saturated carbocycles. The standard InChI is InChI=1S/C20H23N3O4S/c21-14(12-8-2-1-3-9-12)17(24)22-15-18(25)23-16(20(26)27)13(10-28-19(15)23)11-6-4-5-7-11/h1-3,8-9,11,14-15,19H,4-7,10,21H2,(H,22,24)(H,26,27)/t14?,15?,19-/m0/s1. The lowest BCUT2D eigenvalue weighted by molar-refractivity contribution is -0.151. The number of rotatable bonds is 5. The van der Waals surface area contributed by atoms with Crippen molar-refractivity contribution >= 4 is 29.5 Å². The largest absolute Gasteiger partial charge is 0.477 e. The average Bonchev–Trinajstić information content (AvgIpc) is 3.25. The summed E-state index contributed by atoms with van der Waals surface area (Å²) >= 11 is 1.52. The Morgan fingerprint density at radius 2 is 1.89 bits per heavy atom. The summed E-state index contributed by atoms with van der Waals surface area (Å²) in [5.41, 5.74) is 7.66. The number of nitrogens with two attached hydrogens (primary N) is 1. The molecule has 28 heavy (non-hydrogen) atoms. The van der Waals surface area contributed by atoms with E-state index in [9.17, 15) is 19.5 Å². The molecule has 0 radical (unpaired) electrons. The molecule has 148 valence electrons. The summed E-state index contributed by atoms with van der Waals surface area (Å²) < 4.78 is 0. The minimum Gasteiger partial charge on any atom is -0.477 e. The molecule has 7 nitrogen and oxygen atoms in total. The zero-order chi connectivity index (χ0) is 19.8. The molecule has 2 unspecified atom stereocenters. The Labute approximate surface area is 167 Å². The van der Waals surface area contributed by atoms with Crippen LogP contribution in [-0.4, -0.2) is 45.0 Å². The van der Waals surface area contributed by atoms with Gasteiger partial charge in [0.1, 0.15) is 23.2 Å². The monoisotopic (exact) mass is 401 g/mol. The number of hydrogen-bond acceptors (Lipinski definition) is 5. The molecule has 4 rings (SSSR count). The first kappa shape index (κ1) is 19.0. The van der Waals surface area contributed by atoms with Crippen LogP contribution in [0.5, 0.6) is 0 Å². The number of amides is 2. The maximum absolute atomic E-state index is 12.7. The molecule has 4 N–H and O–H groups in total. The summed E-state index contributed by atoms with van der Waals surface area (Å²) in [7, 11) is 0. The van der Waals surface area contributed by atoms with E-state index in [0.717, 1.165) is 31.3 Å². The summed E-state index contributed by atoms with van der Waals surface area (Å²) in [5.74, 6) is -1.05. The lowest BCUT2D eigenvalue weighted by Crippen LogP contribution is -2.71. The second-order valence-corrected chi connectivity index (χ2v) is 8.55. The molecule has 8 heteroatoms. The molecule has 2 aliphatic heterocycles. The van der Waals surface area contributed by atoms with Crippen molar-refractivity contribution in [3.63, 3.8) is 0 Å². The van der Waals surface area contributed by atoms with Crippen LogP contribution in [0.25, 0.3) is 0 Å². The van der Waals surface area contributed by atoms with Gasteiger partial charge in [0.2, 0.25) is 5.91 Å². The zero-order valence-electron chi connectivity index (χ0n) is 15.3. The van der Waals surface area contributed by atoms with Gasteiger partial charge in [0.15, 0.2) is 0 Å². The third-order valence-corrected chi connectivity index (χ3v) is 7.09. The lowest BCUT2D eigenvalue weighted by atomic mass is 9.93. The van der Waals surface area contributed by atoms with Gasteiger partial charge in [-0.3, -0.25) is 14.5 Å². The quantitative estimate of drug-likeness (QED) is 0.646. The van der Waals surface area contributed by atoms with E-state index >= 15 is 0 Å². The Hall–Kier alpha value is -2.32. The van der Waals surface area contributed by atoms with E-state index in [-0.39, 0.29) is 17.5 Å². The molecule has 3 aliphatic rings. The first-order valence-electron chi connectivity index (χ1n) is 9.51. The van der Waals surface area contributed by atoms with Crippen molar-refractivity contribution in [2.45, 2.75) is 43.1 Å². The van der Waals surface area contributed by atoms with Gasteiger partial charge in [-0.2, -0.15) is 0 Å². The van der Waals surface area contributed by atoms with Gasteiger partial charge < -0.3 is 16.2 Å². The van der Waals surface area contributed by atoms with Crippen LogP contribution in [0.15, 0.2) is 41.6 Å². The summed E-state index contributed by atoms with van der Waals surface area (Å²) in [6.45, 7) is 0. The summed E-state index contributed by atoms with van der Waals surface area (Å²) in [5, 5.41) is 12.1. The van der Waals surface area contributed by atoms with Crippen molar-refractivity contribution in [1.82, 2.24) is 10.2 Å². The fourth-order valence-corrected chi connectivity index (χ4v) is 5.74. The predicted molar refractivity (Wildman–Crippen MR) is 105 cm³/mol. The first-order valence-corrected chi connectivity index (χ1v) is 10.6. The maximum atomic E-state index is 12.7. The second-order valence-electron chi connectivity index (χ2n) is 7.44. The fraction of sp³-hybridized carbons (Fsp3) is 0.450. The van der Waals surface area contributed by atoms with Gasteiger partial charge in [-0.25, -0.2) is 4.79 Å². The predicted octanol–water partition coefficient (Wildman–Crippen LogP) is 1.62. The van der Waals surface area contributed by atoms with Crippen LogP contribution in [0.2, 0.25) is 0 Å². The SMILES string of the molecule is NC(C(=O)NC1C(=O)N2C(C(=O)O)=C(C3CCCC3)CS[C@@H]12)c1ccccc1. The van der Waals surface area contributed by atoms with Crippen molar-refractivity contribution in [2.75, 3.05) is 5.75 Å². The molecular formula is C20H23N3O4S. The van der Waals surface area contributed by atoms with Crippen molar-refractivity contribution in [2.24, 2.45) is 11.7 Å². The normalized spacial score (nSPS) is 25.9. The second kappa shape index (κ2) is 7.60. The Kier molecular flexibility index (Phi) is 5.16. The van der Waals surface area contributed by atoms with E-state index < -0.39 is 29.3 Å². The number of nitrogens with zero attached hydrogens (tertiary/aromatic N) is 1. The molecule has 1 aromatic carbocycles. The topological polar surface area (TPSA) is 113 Å². The Balaban J connectivity index is 1.50. The number of carbonyl (C=O) groups is 3. The number of hydrogen-bond donors (Lipinski definition) is 3. The molecule has 2 heterocycles. The van der Waals surface area contributed by atoms with Gasteiger partial charge >= 0.3 is 5.97 Å². The number of carboxylic acids is 1. The van der Waals surface area contributed by atoms with E-state index in [0.29, 0.717) is 11.3 Å².